The number of nitrogens with one attached hydrogen (secondary N) is 1. The minimum Gasteiger partial charge on any atom is -0.388 e. The summed E-state index contributed by atoms with van der Waals surface area (Å²) in [7, 11) is 0. The number of nitrogens with zero attached hydrogens (tertiary/aromatic N) is 1. The van der Waals surface area contributed by atoms with Crippen LogP contribution in [0.3, 0.4) is 0 Å². The van der Waals surface area contributed by atoms with Crippen LogP contribution in [0.25, 0.3) is 0 Å². The van der Waals surface area contributed by atoms with Gasteiger partial charge in [-0.2, -0.15) is 0 Å². The number of nitrogens with two attached hydrogens (primary N) is 1. The van der Waals surface area contributed by atoms with Crippen molar-refractivity contribution < 1.29 is 0 Å². The lowest BCUT2D eigenvalue weighted by Crippen LogP contribution is -2.11. The monoisotopic (exact) mass is 385 g/mol. The highest BCUT2D eigenvalue weighted by molar-refractivity contribution is 9.11. The predicted octanol–water partition coefficient (Wildman–Crippen LogP) is 3.98. The first kappa shape index (κ1) is 13.5. The van der Waals surface area contributed by atoms with Crippen molar-refractivity contribution in [2.75, 3.05) is 5.32 Å². The van der Waals surface area contributed by atoms with Crippen LogP contribution in [0.2, 0.25) is 0 Å². The summed E-state index contributed by atoms with van der Waals surface area (Å²) in [4.78, 5) is 4.38. The standard InChI is InChI=1S/C12H9Br2N3S/c13-7-1-2-10(9(14)5-7)17-8-3-4-16-11(6-8)12(15)18/h1-6H,(H2,15,18)(H,16,17). The van der Waals surface area contributed by atoms with Crippen molar-refractivity contribution >= 4 is 60.4 Å². The molecule has 2 aromatic rings. The second-order valence-electron chi connectivity index (χ2n) is 3.54. The zero-order chi connectivity index (χ0) is 13.1. The first-order chi connectivity index (χ1) is 8.56. The van der Waals surface area contributed by atoms with Crippen LogP contribution in [0.5, 0.6) is 0 Å². The Hall–Kier alpha value is -0.980. The second kappa shape index (κ2) is 5.77. The Labute approximate surface area is 127 Å². The van der Waals surface area contributed by atoms with Gasteiger partial charge in [0, 0.05) is 20.8 Å². The molecule has 0 saturated heterocycles. The topological polar surface area (TPSA) is 50.9 Å². The van der Waals surface area contributed by atoms with E-state index in [0.717, 1.165) is 20.3 Å². The van der Waals surface area contributed by atoms with Crippen molar-refractivity contribution in [1.82, 2.24) is 4.98 Å². The Morgan fingerprint density at radius 3 is 2.67 bits per heavy atom. The van der Waals surface area contributed by atoms with Gasteiger partial charge in [0.2, 0.25) is 0 Å². The highest BCUT2D eigenvalue weighted by Crippen LogP contribution is 2.28. The molecule has 0 atom stereocenters. The van der Waals surface area contributed by atoms with Crippen LogP contribution >= 0.6 is 44.1 Å². The van der Waals surface area contributed by atoms with E-state index >= 15 is 0 Å². The molecule has 18 heavy (non-hydrogen) atoms. The summed E-state index contributed by atoms with van der Waals surface area (Å²) in [5, 5.41) is 3.27. The number of thiocarbonyl (C=S) groups is 1. The molecule has 0 fully saturated rings. The Kier molecular flexibility index (Phi) is 4.31. The number of hydrogen-bond donors (Lipinski definition) is 2. The third kappa shape index (κ3) is 3.28. The van der Waals surface area contributed by atoms with Gasteiger partial charge in [-0.05, 0) is 46.3 Å². The maximum Gasteiger partial charge on any atom is 0.122 e. The fraction of sp³-hybridized carbons (Fsp3) is 0. The van der Waals surface area contributed by atoms with E-state index in [2.05, 4.69) is 42.2 Å². The van der Waals surface area contributed by atoms with Crippen LogP contribution in [-0.4, -0.2) is 9.97 Å². The fourth-order valence-corrected chi connectivity index (χ4v) is 2.65. The molecule has 0 aliphatic carbocycles. The lowest BCUT2D eigenvalue weighted by Gasteiger charge is -2.09. The number of hydrogen-bond acceptors (Lipinski definition) is 3. The molecular weight excluding hydrogens is 378 g/mol. The molecule has 0 unspecified atom stereocenters. The average Bonchev–Trinajstić information content (AvgIpc) is 2.33. The van der Waals surface area contributed by atoms with Crippen LogP contribution < -0.4 is 11.1 Å². The van der Waals surface area contributed by atoms with Crippen molar-refractivity contribution in [3.05, 3.63) is 51.2 Å². The molecule has 1 aromatic carbocycles. The fourth-order valence-electron chi connectivity index (χ4n) is 1.39. The molecule has 1 aromatic heterocycles. The zero-order valence-electron chi connectivity index (χ0n) is 9.15. The molecule has 3 nitrogen and oxygen atoms in total. The lowest BCUT2D eigenvalue weighted by molar-refractivity contribution is 1.29. The molecule has 92 valence electrons. The first-order valence-corrected chi connectivity index (χ1v) is 7.03. The third-order valence-electron chi connectivity index (χ3n) is 2.22. The second-order valence-corrected chi connectivity index (χ2v) is 5.75. The maximum absolute atomic E-state index is 5.55. The lowest BCUT2D eigenvalue weighted by atomic mass is 10.2. The Balaban J connectivity index is 2.28. The van der Waals surface area contributed by atoms with E-state index in [4.69, 9.17) is 18.0 Å². The van der Waals surface area contributed by atoms with E-state index < -0.39 is 0 Å². The molecule has 0 aliphatic rings. The van der Waals surface area contributed by atoms with Crippen LogP contribution in [0.4, 0.5) is 11.4 Å². The van der Waals surface area contributed by atoms with Gasteiger partial charge in [-0.1, -0.05) is 28.1 Å². The van der Waals surface area contributed by atoms with Gasteiger partial charge < -0.3 is 11.1 Å². The van der Waals surface area contributed by atoms with Crippen molar-refractivity contribution in [3.63, 3.8) is 0 Å². The summed E-state index contributed by atoms with van der Waals surface area (Å²) in [6.07, 6.45) is 1.67. The van der Waals surface area contributed by atoms with Gasteiger partial charge in [-0.3, -0.25) is 4.98 Å². The molecular formula is C12H9Br2N3S. The van der Waals surface area contributed by atoms with Gasteiger partial charge in [0.1, 0.15) is 4.99 Å². The zero-order valence-corrected chi connectivity index (χ0v) is 13.1. The van der Waals surface area contributed by atoms with Crippen molar-refractivity contribution in [3.8, 4) is 0 Å². The molecule has 2 rings (SSSR count). The van der Waals surface area contributed by atoms with Gasteiger partial charge in [0.15, 0.2) is 0 Å². The third-order valence-corrected chi connectivity index (χ3v) is 3.58. The van der Waals surface area contributed by atoms with Crippen LogP contribution in [0.15, 0.2) is 45.5 Å². The molecule has 1 heterocycles. The molecule has 0 spiro atoms. The highest BCUT2D eigenvalue weighted by atomic mass is 79.9. The van der Waals surface area contributed by atoms with E-state index in [1.54, 1.807) is 6.20 Å². The summed E-state index contributed by atoms with van der Waals surface area (Å²) in [6.45, 7) is 0. The Morgan fingerprint density at radius 1 is 1.22 bits per heavy atom. The van der Waals surface area contributed by atoms with E-state index in [9.17, 15) is 0 Å². The first-order valence-electron chi connectivity index (χ1n) is 5.04. The van der Waals surface area contributed by atoms with Crippen LogP contribution in [-0.2, 0) is 0 Å². The van der Waals surface area contributed by atoms with E-state index in [1.165, 1.54) is 0 Å². The largest absolute Gasteiger partial charge is 0.388 e. The summed E-state index contributed by atoms with van der Waals surface area (Å²) in [5.74, 6) is 0. The van der Waals surface area contributed by atoms with Gasteiger partial charge >= 0.3 is 0 Å². The van der Waals surface area contributed by atoms with Gasteiger partial charge in [-0.25, -0.2) is 0 Å². The number of halogens is 2. The number of aromatic nitrogens is 1. The van der Waals surface area contributed by atoms with Crippen LogP contribution in [0, 0.1) is 0 Å². The average molecular weight is 387 g/mol. The molecule has 0 saturated carbocycles. The van der Waals surface area contributed by atoms with Gasteiger partial charge in [0.25, 0.3) is 0 Å². The van der Waals surface area contributed by atoms with Crippen molar-refractivity contribution in [2.45, 2.75) is 0 Å². The number of benzene rings is 1. The van der Waals surface area contributed by atoms with E-state index in [0.29, 0.717) is 5.69 Å². The number of rotatable bonds is 3. The predicted molar refractivity (Wildman–Crippen MR) is 85.2 cm³/mol. The minimum absolute atomic E-state index is 0.286. The quantitative estimate of drug-likeness (QED) is 0.783. The van der Waals surface area contributed by atoms with E-state index in [-0.39, 0.29) is 4.99 Å². The SMILES string of the molecule is NC(=S)c1cc(Nc2ccc(Br)cc2Br)ccn1. The summed E-state index contributed by atoms with van der Waals surface area (Å²) >= 11 is 11.8. The Bertz CT molecular complexity index is 602. The van der Waals surface area contributed by atoms with Crippen molar-refractivity contribution in [1.29, 1.82) is 0 Å². The Morgan fingerprint density at radius 2 is 2.00 bits per heavy atom. The van der Waals surface area contributed by atoms with Crippen molar-refractivity contribution in [2.24, 2.45) is 5.73 Å². The van der Waals surface area contributed by atoms with Gasteiger partial charge in [0.05, 0.1) is 11.4 Å². The molecule has 0 amide bonds. The molecule has 3 N–H and O–H groups in total. The number of pyridine rings is 1. The van der Waals surface area contributed by atoms with E-state index in [1.807, 2.05) is 30.3 Å². The highest BCUT2D eigenvalue weighted by Gasteiger charge is 2.03. The normalized spacial score (nSPS) is 10.1. The van der Waals surface area contributed by atoms with Gasteiger partial charge in [-0.15, -0.1) is 0 Å². The smallest absolute Gasteiger partial charge is 0.122 e. The molecule has 0 bridgehead atoms. The summed E-state index contributed by atoms with van der Waals surface area (Å²) in [5.41, 5.74) is 7.99. The summed E-state index contributed by atoms with van der Waals surface area (Å²) < 4.78 is 1.98. The summed E-state index contributed by atoms with van der Waals surface area (Å²) in [6, 6.07) is 9.57. The minimum atomic E-state index is 0.286. The molecule has 0 aliphatic heterocycles. The maximum atomic E-state index is 5.55. The molecule has 0 radical (unpaired) electrons. The van der Waals surface area contributed by atoms with Crippen LogP contribution in [0.1, 0.15) is 5.69 Å². The molecule has 6 heteroatoms. The number of anilines is 2.